The van der Waals surface area contributed by atoms with Crippen LogP contribution in [0.4, 0.5) is 23.4 Å². The van der Waals surface area contributed by atoms with Gasteiger partial charge in [0.05, 0.1) is 23.6 Å². The van der Waals surface area contributed by atoms with E-state index < -0.39 is 24.6 Å². The third-order valence-corrected chi connectivity index (χ3v) is 4.51. The van der Waals surface area contributed by atoms with E-state index in [0.717, 1.165) is 6.07 Å². The van der Waals surface area contributed by atoms with Gasteiger partial charge >= 0.3 is 0 Å². The van der Waals surface area contributed by atoms with Crippen molar-refractivity contribution in [2.24, 2.45) is 0 Å². The van der Waals surface area contributed by atoms with Gasteiger partial charge in [-0.3, -0.25) is 9.38 Å². The van der Waals surface area contributed by atoms with Crippen molar-refractivity contribution in [2.45, 2.75) is 13.3 Å². The molecule has 144 valence electrons. The fourth-order valence-electron chi connectivity index (χ4n) is 2.93. The minimum absolute atomic E-state index is 0.0681. The molecule has 0 aliphatic heterocycles. The summed E-state index contributed by atoms with van der Waals surface area (Å²) in [6, 6.07) is 3.86. The van der Waals surface area contributed by atoms with E-state index in [-0.39, 0.29) is 33.8 Å². The highest BCUT2D eigenvalue weighted by molar-refractivity contribution is 9.10. The van der Waals surface area contributed by atoms with Gasteiger partial charge in [0.1, 0.15) is 23.2 Å². The van der Waals surface area contributed by atoms with Gasteiger partial charge in [0.2, 0.25) is 0 Å². The van der Waals surface area contributed by atoms with Gasteiger partial charge in [-0.15, -0.1) is 10.2 Å². The Labute approximate surface area is 163 Å². The van der Waals surface area contributed by atoms with Crippen molar-refractivity contribution in [1.29, 1.82) is 0 Å². The van der Waals surface area contributed by atoms with E-state index in [9.17, 15) is 13.2 Å². The Bertz CT molecular complexity index is 1190. The van der Waals surface area contributed by atoms with Gasteiger partial charge in [-0.25, -0.2) is 17.6 Å². The Kier molecular flexibility index (Phi) is 4.61. The summed E-state index contributed by atoms with van der Waals surface area (Å²) in [6.45, 7) is 0.914. The number of fused-ring (bicyclic) bond motifs is 3. The first-order chi connectivity index (χ1) is 13.3. The van der Waals surface area contributed by atoms with Crippen molar-refractivity contribution in [3.05, 3.63) is 46.3 Å². The first-order valence-corrected chi connectivity index (χ1v) is 8.83. The van der Waals surface area contributed by atoms with Crippen molar-refractivity contribution in [3.63, 3.8) is 0 Å². The summed E-state index contributed by atoms with van der Waals surface area (Å²) < 4.78 is 56.5. The highest BCUT2D eigenvalue weighted by atomic mass is 79.9. The minimum atomic E-state index is -2.67. The van der Waals surface area contributed by atoms with Crippen molar-refractivity contribution in [1.82, 2.24) is 24.6 Å². The smallest absolute Gasteiger partial charge is 0.257 e. The van der Waals surface area contributed by atoms with Crippen molar-refractivity contribution in [2.75, 3.05) is 11.9 Å². The van der Waals surface area contributed by atoms with Crippen LogP contribution in [-0.2, 0) is 0 Å². The summed E-state index contributed by atoms with van der Waals surface area (Å²) in [6.07, 6.45) is -1.32. The maximum Gasteiger partial charge on any atom is 0.257 e. The average Bonchev–Trinajstić information content (AvgIpc) is 3.00. The molecule has 0 aliphatic carbocycles. The first kappa shape index (κ1) is 18.5. The van der Waals surface area contributed by atoms with Gasteiger partial charge in [-0.05, 0) is 25.1 Å². The highest BCUT2D eigenvalue weighted by Crippen LogP contribution is 2.33. The zero-order valence-electron chi connectivity index (χ0n) is 14.2. The molecular weight excluding hydrogens is 444 g/mol. The second kappa shape index (κ2) is 6.97. The van der Waals surface area contributed by atoms with Gasteiger partial charge in [0.25, 0.3) is 12.2 Å². The lowest BCUT2D eigenvalue weighted by molar-refractivity contribution is 0.163. The third kappa shape index (κ3) is 3.15. The Morgan fingerprint density at radius 1 is 1.18 bits per heavy atom. The van der Waals surface area contributed by atoms with Crippen molar-refractivity contribution < 1.29 is 17.6 Å². The van der Waals surface area contributed by atoms with Crippen molar-refractivity contribution >= 4 is 38.4 Å². The molecule has 0 atom stereocenters. The molecule has 6 nitrogen and oxygen atoms in total. The lowest BCUT2D eigenvalue weighted by Crippen LogP contribution is -2.13. The summed E-state index contributed by atoms with van der Waals surface area (Å²) in [5.41, 5.74) is 0.298. The number of pyridine rings is 1. The lowest BCUT2D eigenvalue weighted by atomic mass is 10.1. The molecule has 3 heterocycles. The molecule has 4 aromatic rings. The predicted molar refractivity (Wildman–Crippen MR) is 98.4 cm³/mol. The van der Waals surface area contributed by atoms with E-state index in [0.29, 0.717) is 10.3 Å². The molecule has 4 rings (SSSR count). The average molecular weight is 455 g/mol. The molecule has 28 heavy (non-hydrogen) atoms. The molecule has 0 bridgehead atoms. The van der Waals surface area contributed by atoms with Gasteiger partial charge < -0.3 is 5.32 Å². The van der Waals surface area contributed by atoms with Crippen LogP contribution >= 0.6 is 15.9 Å². The monoisotopic (exact) mass is 454 g/mol. The molecule has 0 fully saturated rings. The van der Waals surface area contributed by atoms with Gasteiger partial charge in [-0.2, -0.15) is 4.98 Å². The van der Waals surface area contributed by atoms with Crippen LogP contribution in [0, 0.1) is 18.6 Å². The van der Waals surface area contributed by atoms with E-state index in [1.165, 1.54) is 22.7 Å². The largest absolute Gasteiger partial charge is 0.364 e. The molecule has 3 aromatic heterocycles. The van der Waals surface area contributed by atoms with Crippen molar-refractivity contribution in [3.8, 4) is 11.3 Å². The SMILES string of the molecule is Cc1nnc2nc(NCC(F)F)c3c(F)c(-c4cc(F)cc(Br)c4)ncc3n12. The van der Waals surface area contributed by atoms with E-state index >= 15 is 4.39 Å². The number of aryl methyl sites for hydroxylation is 1. The number of benzene rings is 1. The summed E-state index contributed by atoms with van der Waals surface area (Å²) in [7, 11) is 0. The molecule has 11 heteroatoms. The number of nitrogens with zero attached hydrogens (tertiary/aromatic N) is 5. The number of anilines is 1. The van der Waals surface area contributed by atoms with Crippen LogP contribution in [0.15, 0.2) is 28.9 Å². The fourth-order valence-corrected chi connectivity index (χ4v) is 3.39. The van der Waals surface area contributed by atoms with Gasteiger partial charge in [-0.1, -0.05) is 15.9 Å². The maximum atomic E-state index is 15.4. The van der Waals surface area contributed by atoms with E-state index in [2.05, 4.69) is 41.4 Å². The number of alkyl halides is 2. The highest BCUT2D eigenvalue weighted by Gasteiger charge is 2.21. The van der Waals surface area contributed by atoms with E-state index in [4.69, 9.17) is 0 Å². The summed E-state index contributed by atoms with van der Waals surface area (Å²) in [5.74, 6) is -0.981. The summed E-state index contributed by atoms with van der Waals surface area (Å²) in [5, 5.41) is 10.1. The van der Waals surface area contributed by atoms with Gasteiger partial charge in [0.15, 0.2) is 5.82 Å². The molecule has 0 aliphatic rings. The third-order valence-electron chi connectivity index (χ3n) is 4.06. The molecule has 0 saturated carbocycles. The number of rotatable bonds is 4. The van der Waals surface area contributed by atoms with E-state index in [1.54, 1.807) is 6.92 Å². The normalized spacial score (nSPS) is 11.7. The van der Waals surface area contributed by atoms with Crippen LogP contribution in [0.25, 0.3) is 27.9 Å². The number of nitrogens with one attached hydrogen (secondary N) is 1. The molecular formula is C17H11BrF4N6. The fraction of sp³-hybridized carbons (Fsp3) is 0.176. The lowest BCUT2D eigenvalue weighted by Gasteiger charge is -2.13. The zero-order chi connectivity index (χ0) is 20.0. The molecule has 0 radical (unpaired) electrons. The van der Waals surface area contributed by atoms with Crippen LogP contribution in [0.3, 0.4) is 0 Å². The quantitative estimate of drug-likeness (QED) is 0.463. The Morgan fingerprint density at radius 2 is 1.96 bits per heavy atom. The minimum Gasteiger partial charge on any atom is -0.364 e. The summed E-state index contributed by atoms with van der Waals surface area (Å²) >= 11 is 3.16. The maximum absolute atomic E-state index is 15.4. The molecule has 0 spiro atoms. The molecule has 0 amide bonds. The van der Waals surface area contributed by atoms with Crippen LogP contribution in [0.2, 0.25) is 0 Å². The van der Waals surface area contributed by atoms with Crippen LogP contribution in [0.5, 0.6) is 0 Å². The first-order valence-electron chi connectivity index (χ1n) is 8.03. The number of hydrogen-bond acceptors (Lipinski definition) is 5. The van der Waals surface area contributed by atoms with E-state index in [1.807, 2.05) is 0 Å². The summed E-state index contributed by atoms with van der Waals surface area (Å²) in [4.78, 5) is 8.24. The molecule has 1 N–H and O–H groups in total. The molecule has 0 saturated heterocycles. The Morgan fingerprint density at radius 3 is 2.68 bits per heavy atom. The zero-order valence-corrected chi connectivity index (χ0v) is 15.8. The second-order valence-corrected chi connectivity index (χ2v) is 6.87. The van der Waals surface area contributed by atoms with Crippen LogP contribution in [0.1, 0.15) is 5.82 Å². The van der Waals surface area contributed by atoms with Crippen LogP contribution < -0.4 is 5.32 Å². The Balaban J connectivity index is 2.03. The predicted octanol–water partition coefficient (Wildman–Crippen LogP) is 4.37. The number of hydrogen-bond donors (Lipinski definition) is 1. The van der Waals surface area contributed by atoms with Gasteiger partial charge in [0, 0.05) is 10.0 Å². The topological polar surface area (TPSA) is 68.0 Å². The standard InChI is InChI=1S/C17H11BrF4N6/c1-7-26-27-17-25-16(24-6-12(20)21)13-11(28(7)17)5-23-15(14(13)22)8-2-9(18)4-10(19)3-8/h2-5,12H,6H2,1H3,(H,24,25,27). The number of aromatic nitrogens is 5. The Hall–Kier alpha value is -2.82. The van der Waals surface area contributed by atoms with Crippen LogP contribution in [-0.4, -0.2) is 37.5 Å². The second-order valence-electron chi connectivity index (χ2n) is 5.95. The molecule has 1 aromatic carbocycles. The number of halogens is 5. The molecule has 0 unspecified atom stereocenters.